The molecule has 0 N–H and O–H groups in total. The molecule has 0 bridgehead atoms. The van der Waals surface area contributed by atoms with Crippen LogP contribution in [0.5, 0.6) is 0 Å². The molecule has 8 aromatic rings. The number of rotatable bonds is 3. The lowest BCUT2D eigenvalue weighted by atomic mass is 10.00. The van der Waals surface area contributed by atoms with E-state index in [0.29, 0.717) is 5.56 Å². The highest BCUT2D eigenvalue weighted by Gasteiger charge is 2.23. The van der Waals surface area contributed by atoms with Gasteiger partial charge in [0.25, 0.3) is 0 Å². The monoisotopic (exact) mass is 538 g/mol. The number of benzene rings is 5. The van der Waals surface area contributed by atoms with Crippen molar-refractivity contribution in [2.75, 3.05) is 0 Å². The van der Waals surface area contributed by atoms with Crippen LogP contribution in [0, 0.1) is 25.2 Å². The largest absolute Gasteiger partial charge is 0.309 e. The Hall–Kier alpha value is -5.66. The molecular formula is C38H26N4. The highest BCUT2D eigenvalue weighted by atomic mass is 15.0. The highest BCUT2D eigenvalue weighted by molar-refractivity contribution is 6.11. The van der Waals surface area contributed by atoms with Gasteiger partial charge in [0, 0.05) is 33.3 Å². The van der Waals surface area contributed by atoms with Crippen molar-refractivity contribution in [3.8, 4) is 28.7 Å². The van der Waals surface area contributed by atoms with Gasteiger partial charge in [0.05, 0.1) is 50.8 Å². The molecule has 0 unspecified atom stereocenters. The maximum Gasteiger partial charge on any atom is 0.0999 e. The number of hydrogen-bond donors (Lipinski definition) is 0. The summed E-state index contributed by atoms with van der Waals surface area (Å²) >= 11 is 0. The molecule has 4 nitrogen and oxygen atoms in total. The summed E-state index contributed by atoms with van der Waals surface area (Å²) in [5.74, 6) is 0. The summed E-state index contributed by atoms with van der Waals surface area (Å²) in [4.78, 5) is 5.00. The van der Waals surface area contributed by atoms with Crippen LogP contribution < -0.4 is 0 Å². The molecule has 3 aromatic heterocycles. The maximum atomic E-state index is 10.5. The topological polar surface area (TPSA) is 46.5 Å². The van der Waals surface area contributed by atoms with Crippen LogP contribution in [0.15, 0.2) is 121 Å². The van der Waals surface area contributed by atoms with E-state index < -0.39 is 0 Å². The van der Waals surface area contributed by atoms with Gasteiger partial charge >= 0.3 is 0 Å². The normalized spacial score (nSPS) is 11.5. The van der Waals surface area contributed by atoms with Crippen LogP contribution in [0.4, 0.5) is 0 Å². The van der Waals surface area contributed by atoms with Gasteiger partial charge in [0.1, 0.15) is 0 Å². The van der Waals surface area contributed by atoms with E-state index in [9.17, 15) is 5.26 Å². The lowest BCUT2D eigenvalue weighted by Gasteiger charge is -2.18. The summed E-state index contributed by atoms with van der Waals surface area (Å²) in [6.07, 6.45) is 1.82. The third-order valence-electron chi connectivity index (χ3n) is 8.32. The Morgan fingerprint density at radius 2 is 1.10 bits per heavy atom. The summed E-state index contributed by atoms with van der Waals surface area (Å²) in [5, 5.41) is 15.2. The SMILES string of the molecule is Cc1ccc2c(c1)c1ccccc1n2-c1cccnc1-c1c(C#N)cccc1-n1c2ccccc2c2cc(C)ccc21. The molecule has 3 heterocycles. The number of aromatic nitrogens is 3. The van der Waals surface area contributed by atoms with Crippen molar-refractivity contribution >= 4 is 43.6 Å². The van der Waals surface area contributed by atoms with Crippen LogP contribution in [-0.2, 0) is 0 Å². The summed E-state index contributed by atoms with van der Waals surface area (Å²) in [6.45, 7) is 4.25. The number of fused-ring (bicyclic) bond motifs is 6. The molecule has 5 aromatic carbocycles. The van der Waals surface area contributed by atoms with Gasteiger partial charge < -0.3 is 9.13 Å². The molecule has 0 aliphatic rings. The van der Waals surface area contributed by atoms with Gasteiger partial charge in [-0.15, -0.1) is 0 Å². The average molecular weight is 539 g/mol. The van der Waals surface area contributed by atoms with Crippen LogP contribution in [0.3, 0.4) is 0 Å². The Morgan fingerprint density at radius 1 is 0.548 bits per heavy atom. The quantitative estimate of drug-likeness (QED) is 0.225. The van der Waals surface area contributed by atoms with Gasteiger partial charge in [-0.2, -0.15) is 5.26 Å². The zero-order valence-corrected chi connectivity index (χ0v) is 23.3. The van der Waals surface area contributed by atoms with E-state index in [1.54, 1.807) is 0 Å². The molecular weight excluding hydrogens is 512 g/mol. The molecule has 0 amide bonds. The van der Waals surface area contributed by atoms with Crippen molar-refractivity contribution in [1.82, 2.24) is 14.1 Å². The van der Waals surface area contributed by atoms with E-state index in [4.69, 9.17) is 4.98 Å². The second-order valence-corrected chi connectivity index (χ2v) is 10.9. The van der Waals surface area contributed by atoms with E-state index >= 15 is 0 Å². The highest BCUT2D eigenvalue weighted by Crippen LogP contribution is 2.41. The standard InChI is InChI=1S/C38H26N4/c1-24-16-18-33-29(21-24)27-10-3-5-12-31(27)41(33)35-14-7-9-26(23-39)37(35)38-36(15-8-20-40-38)42-32-13-6-4-11-28(32)30-22-25(2)17-19-34(30)42/h3-22H,1-2H3. The predicted molar refractivity (Wildman–Crippen MR) is 173 cm³/mol. The summed E-state index contributed by atoms with van der Waals surface area (Å²) in [5.41, 5.74) is 10.9. The zero-order chi connectivity index (χ0) is 28.4. The summed E-state index contributed by atoms with van der Waals surface area (Å²) in [7, 11) is 0. The van der Waals surface area contributed by atoms with Crippen LogP contribution in [0.25, 0.3) is 66.2 Å². The van der Waals surface area contributed by atoms with Gasteiger partial charge in [0.2, 0.25) is 0 Å². The number of hydrogen-bond acceptors (Lipinski definition) is 2. The Labute approximate surface area is 243 Å². The molecule has 0 radical (unpaired) electrons. The van der Waals surface area contributed by atoms with Crippen molar-refractivity contribution in [2.45, 2.75) is 13.8 Å². The van der Waals surface area contributed by atoms with E-state index in [2.05, 4.69) is 126 Å². The van der Waals surface area contributed by atoms with Crippen molar-refractivity contribution in [3.63, 3.8) is 0 Å². The van der Waals surface area contributed by atoms with Crippen molar-refractivity contribution in [2.24, 2.45) is 0 Å². The summed E-state index contributed by atoms with van der Waals surface area (Å²) in [6, 6.07) is 42.7. The fourth-order valence-corrected chi connectivity index (χ4v) is 6.53. The number of nitriles is 1. The number of pyridine rings is 1. The fourth-order valence-electron chi connectivity index (χ4n) is 6.53. The predicted octanol–water partition coefficient (Wildman–Crippen LogP) is 9.43. The zero-order valence-electron chi connectivity index (χ0n) is 23.3. The second kappa shape index (κ2) is 9.19. The van der Waals surface area contributed by atoms with Gasteiger partial charge in [-0.25, -0.2) is 0 Å². The Balaban J connectivity index is 1.51. The van der Waals surface area contributed by atoms with E-state index in [1.165, 1.54) is 32.7 Å². The molecule has 0 atom stereocenters. The van der Waals surface area contributed by atoms with Gasteiger partial charge in [-0.1, -0.05) is 65.7 Å². The van der Waals surface area contributed by atoms with Crippen molar-refractivity contribution in [1.29, 1.82) is 5.26 Å². The molecule has 0 aliphatic heterocycles. The smallest absolute Gasteiger partial charge is 0.0999 e. The minimum atomic E-state index is 0.585. The first-order valence-corrected chi connectivity index (χ1v) is 14.1. The third-order valence-corrected chi connectivity index (χ3v) is 8.32. The lowest BCUT2D eigenvalue weighted by Crippen LogP contribution is -2.04. The Morgan fingerprint density at radius 3 is 1.71 bits per heavy atom. The van der Waals surface area contributed by atoms with E-state index in [0.717, 1.165) is 44.7 Å². The number of aryl methyl sites for hydroxylation is 2. The van der Waals surface area contributed by atoms with E-state index in [-0.39, 0.29) is 0 Å². The van der Waals surface area contributed by atoms with E-state index in [1.807, 2.05) is 24.4 Å². The minimum Gasteiger partial charge on any atom is -0.309 e. The lowest BCUT2D eigenvalue weighted by molar-refractivity contribution is 1.12. The summed E-state index contributed by atoms with van der Waals surface area (Å²) < 4.78 is 4.58. The maximum absolute atomic E-state index is 10.5. The molecule has 8 rings (SSSR count). The molecule has 0 saturated carbocycles. The Kier molecular flexibility index (Phi) is 5.29. The van der Waals surface area contributed by atoms with Gasteiger partial charge in [-0.05, 0) is 74.5 Å². The van der Waals surface area contributed by atoms with Crippen LogP contribution in [-0.4, -0.2) is 14.1 Å². The van der Waals surface area contributed by atoms with Gasteiger partial charge in [0.15, 0.2) is 0 Å². The average Bonchev–Trinajstić information content (AvgIpc) is 3.52. The first-order chi connectivity index (χ1) is 20.6. The van der Waals surface area contributed by atoms with Crippen molar-refractivity contribution < 1.29 is 0 Å². The van der Waals surface area contributed by atoms with Crippen LogP contribution in [0.2, 0.25) is 0 Å². The fraction of sp³-hybridized carbons (Fsp3) is 0.0526. The first-order valence-electron chi connectivity index (χ1n) is 14.1. The first kappa shape index (κ1) is 24.2. The van der Waals surface area contributed by atoms with Crippen molar-refractivity contribution in [3.05, 3.63) is 138 Å². The Bertz CT molecular complexity index is 2400. The number of para-hydroxylation sites is 2. The molecule has 0 spiro atoms. The number of nitrogens with zero attached hydrogens (tertiary/aromatic N) is 4. The molecule has 0 saturated heterocycles. The second-order valence-electron chi connectivity index (χ2n) is 10.9. The molecule has 42 heavy (non-hydrogen) atoms. The molecule has 0 fully saturated rings. The van der Waals surface area contributed by atoms with Crippen LogP contribution >= 0.6 is 0 Å². The van der Waals surface area contributed by atoms with Gasteiger partial charge in [-0.3, -0.25) is 4.98 Å². The third kappa shape index (κ3) is 3.44. The molecule has 4 heteroatoms. The van der Waals surface area contributed by atoms with Crippen LogP contribution in [0.1, 0.15) is 16.7 Å². The molecule has 198 valence electrons. The minimum absolute atomic E-state index is 0.585. The molecule has 0 aliphatic carbocycles.